The standard InChI is InChI=1S/C7H7ClFN.C2H6/c8-6-3-1-2-5(4-10)7(6)9;1-2/h1-3H,4,10H2;1-2H3. The molecule has 0 saturated heterocycles. The van der Waals surface area contributed by atoms with E-state index in [9.17, 15) is 4.39 Å². The first-order valence-electron chi connectivity index (χ1n) is 3.88. The maximum Gasteiger partial charge on any atom is 0.146 e. The summed E-state index contributed by atoms with van der Waals surface area (Å²) in [5.41, 5.74) is 5.67. The predicted octanol–water partition coefficient (Wildman–Crippen LogP) is 2.96. The minimum absolute atomic E-state index is 0.128. The first kappa shape index (κ1) is 11.4. The molecule has 1 aromatic carbocycles. The normalized spacial score (nSPS) is 8.75. The number of rotatable bonds is 1. The van der Waals surface area contributed by atoms with E-state index in [1.165, 1.54) is 6.07 Å². The van der Waals surface area contributed by atoms with Gasteiger partial charge in [-0.3, -0.25) is 0 Å². The van der Waals surface area contributed by atoms with Gasteiger partial charge in [0, 0.05) is 12.1 Å². The van der Waals surface area contributed by atoms with Crippen LogP contribution in [0.3, 0.4) is 0 Å². The van der Waals surface area contributed by atoms with Crippen molar-refractivity contribution >= 4 is 11.6 Å². The fourth-order valence-electron chi connectivity index (χ4n) is 0.706. The highest BCUT2D eigenvalue weighted by Crippen LogP contribution is 2.16. The smallest absolute Gasteiger partial charge is 0.146 e. The lowest BCUT2D eigenvalue weighted by atomic mass is 10.2. The van der Waals surface area contributed by atoms with E-state index < -0.39 is 5.82 Å². The summed E-state index contributed by atoms with van der Waals surface area (Å²) in [6.45, 7) is 4.19. The topological polar surface area (TPSA) is 26.0 Å². The van der Waals surface area contributed by atoms with Crippen LogP contribution in [0.15, 0.2) is 18.2 Å². The largest absolute Gasteiger partial charge is 0.326 e. The molecule has 0 atom stereocenters. The number of nitrogens with two attached hydrogens (primary N) is 1. The Morgan fingerprint density at radius 1 is 1.42 bits per heavy atom. The van der Waals surface area contributed by atoms with Crippen molar-refractivity contribution in [3.63, 3.8) is 0 Å². The summed E-state index contributed by atoms with van der Waals surface area (Å²) in [6.07, 6.45) is 0. The Balaban J connectivity index is 0.000000561. The lowest BCUT2D eigenvalue weighted by molar-refractivity contribution is 0.611. The highest BCUT2D eigenvalue weighted by atomic mass is 35.5. The van der Waals surface area contributed by atoms with Gasteiger partial charge in [-0.05, 0) is 6.07 Å². The summed E-state index contributed by atoms with van der Waals surface area (Å²) < 4.78 is 12.8. The number of hydrogen-bond acceptors (Lipinski definition) is 1. The van der Waals surface area contributed by atoms with Crippen molar-refractivity contribution in [3.8, 4) is 0 Å². The molecule has 1 rings (SSSR count). The lowest BCUT2D eigenvalue weighted by Crippen LogP contribution is -1.99. The van der Waals surface area contributed by atoms with Gasteiger partial charge in [-0.15, -0.1) is 0 Å². The van der Waals surface area contributed by atoms with Crippen LogP contribution < -0.4 is 5.73 Å². The van der Waals surface area contributed by atoms with E-state index in [-0.39, 0.29) is 11.6 Å². The molecule has 0 radical (unpaired) electrons. The van der Waals surface area contributed by atoms with E-state index in [2.05, 4.69) is 0 Å². The second-order valence-electron chi connectivity index (χ2n) is 1.92. The second kappa shape index (κ2) is 5.98. The van der Waals surface area contributed by atoms with Crippen molar-refractivity contribution in [2.75, 3.05) is 0 Å². The molecule has 12 heavy (non-hydrogen) atoms. The van der Waals surface area contributed by atoms with Gasteiger partial charge in [-0.1, -0.05) is 37.6 Å². The van der Waals surface area contributed by atoms with Crippen molar-refractivity contribution in [1.82, 2.24) is 0 Å². The molecular weight excluding hydrogens is 177 g/mol. The van der Waals surface area contributed by atoms with Gasteiger partial charge in [0.05, 0.1) is 5.02 Å². The molecule has 0 aliphatic heterocycles. The zero-order valence-electron chi connectivity index (χ0n) is 7.27. The van der Waals surface area contributed by atoms with Crippen LogP contribution in [0.4, 0.5) is 4.39 Å². The molecular formula is C9H13ClFN. The average molecular weight is 190 g/mol. The second-order valence-corrected chi connectivity index (χ2v) is 2.32. The van der Waals surface area contributed by atoms with E-state index in [1.807, 2.05) is 13.8 Å². The molecule has 0 heterocycles. The maximum absolute atomic E-state index is 12.8. The Labute approximate surface area is 77.3 Å². The third kappa shape index (κ3) is 2.80. The molecule has 0 saturated carbocycles. The first-order valence-corrected chi connectivity index (χ1v) is 4.26. The average Bonchev–Trinajstić information content (AvgIpc) is 2.13. The third-order valence-electron chi connectivity index (χ3n) is 1.25. The third-order valence-corrected chi connectivity index (χ3v) is 1.54. The Kier molecular flexibility index (Phi) is 5.68. The Hall–Kier alpha value is -0.600. The van der Waals surface area contributed by atoms with Gasteiger partial charge < -0.3 is 5.73 Å². The number of hydrogen-bond donors (Lipinski definition) is 1. The van der Waals surface area contributed by atoms with Gasteiger partial charge in [0.2, 0.25) is 0 Å². The summed E-state index contributed by atoms with van der Waals surface area (Å²) in [6, 6.07) is 4.78. The molecule has 0 aliphatic rings. The van der Waals surface area contributed by atoms with E-state index in [0.717, 1.165) is 0 Å². The Morgan fingerprint density at radius 3 is 2.42 bits per heavy atom. The van der Waals surface area contributed by atoms with Gasteiger partial charge in [0.1, 0.15) is 5.82 Å². The maximum atomic E-state index is 12.8. The highest BCUT2D eigenvalue weighted by molar-refractivity contribution is 6.30. The molecule has 2 N–H and O–H groups in total. The molecule has 68 valence electrons. The van der Waals surface area contributed by atoms with Gasteiger partial charge >= 0.3 is 0 Å². The molecule has 0 unspecified atom stereocenters. The van der Waals surface area contributed by atoms with E-state index in [0.29, 0.717) is 5.56 Å². The molecule has 0 bridgehead atoms. The number of benzene rings is 1. The summed E-state index contributed by atoms with van der Waals surface area (Å²) in [4.78, 5) is 0. The summed E-state index contributed by atoms with van der Waals surface area (Å²) in [5.74, 6) is -0.410. The summed E-state index contributed by atoms with van der Waals surface area (Å²) in [7, 11) is 0. The van der Waals surface area contributed by atoms with Crippen LogP contribution in [-0.4, -0.2) is 0 Å². The molecule has 0 amide bonds. The molecule has 1 aromatic rings. The lowest BCUT2D eigenvalue weighted by Gasteiger charge is -1.98. The van der Waals surface area contributed by atoms with Gasteiger partial charge in [-0.2, -0.15) is 0 Å². The van der Waals surface area contributed by atoms with Crippen LogP contribution in [0.2, 0.25) is 5.02 Å². The van der Waals surface area contributed by atoms with Crippen LogP contribution in [-0.2, 0) is 6.54 Å². The van der Waals surface area contributed by atoms with E-state index >= 15 is 0 Å². The number of halogens is 2. The zero-order chi connectivity index (χ0) is 9.56. The Morgan fingerprint density at radius 2 is 2.00 bits per heavy atom. The van der Waals surface area contributed by atoms with Crippen LogP contribution in [0.1, 0.15) is 19.4 Å². The minimum Gasteiger partial charge on any atom is -0.326 e. The fourth-order valence-corrected chi connectivity index (χ4v) is 0.900. The fraction of sp³-hybridized carbons (Fsp3) is 0.333. The molecule has 0 fully saturated rings. The van der Waals surface area contributed by atoms with Crippen LogP contribution in [0.25, 0.3) is 0 Å². The van der Waals surface area contributed by atoms with Crippen molar-refractivity contribution in [1.29, 1.82) is 0 Å². The van der Waals surface area contributed by atoms with E-state index in [1.54, 1.807) is 12.1 Å². The summed E-state index contributed by atoms with van der Waals surface area (Å²) in [5, 5.41) is 0.128. The minimum atomic E-state index is -0.410. The van der Waals surface area contributed by atoms with Crippen molar-refractivity contribution in [2.45, 2.75) is 20.4 Å². The first-order chi connectivity index (χ1) is 5.75. The molecule has 3 heteroatoms. The van der Waals surface area contributed by atoms with Crippen molar-refractivity contribution < 1.29 is 4.39 Å². The van der Waals surface area contributed by atoms with Crippen molar-refractivity contribution in [3.05, 3.63) is 34.6 Å². The molecule has 0 aliphatic carbocycles. The molecule has 1 nitrogen and oxygen atoms in total. The van der Waals surface area contributed by atoms with Crippen LogP contribution in [0.5, 0.6) is 0 Å². The quantitative estimate of drug-likeness (QED) is 0.722. The van der Waals surface area contributed by atoms with Gasteiger partial charge in [0.15, 0.2) is 0 Å². The monoisotopic (exact) mass is 189 g/mol. The van der Waals surface area contributed by atoms with Gasteiger partial charge in [-0.25, -0.2) is 4.39 Å². The predicted molar refractivity (Wildman–Crippen MR) is 50.6 cm³/mol. The highest BCUT2D eigenvalue weighted by Gasteiger charge is 2.02. The van der Waals surface area contributed by atoms with Crippen LogP contribution >= 0.6 is 11.6 Å². The SMILES string of the molecule is CC.NCc1cccc(Cl)c1F. The Bertz CT molecular complexity index is 238. The van der Waals surface area contributed by atoms with Gasteiger partial charge in [0.25, 0.3) is 0 Å². The van der Waals surface area contributed by atoms with E-state index in [4.69, 9.17) is 17.3 Å². The zero-order valence-corrected chi connectivity index (χ0v) is 8.03. The molecule has 0 spiro atoms. The van der Waals surface area contributed by atoms with Crippen molar-refractivity contribution in [2.24, 2.45) is 5.73 Å². The van der Waals surface area contributed by atoms with Crippen LogP contribution in [0, 0.1) is 5.82 Å². The molecule has 0 aromatic heterocycles. The summed E-state index contributed by atoms with van der Waals surface area (Å²) >= 11 is 5.46.